The molecule has 0 saturated carbocycles. The first kappa shape index (κ1) is 19.4. The minimum Gasteiger partial charge on any atom is -0.490 e. The molecule has 28 heavy (non-hydrogen) atoms. The summed E-state index contributed by atoms with van der Waals surface area (Å²) in [7, 11) is 0. The Hall–Kier alpha value is -3.35. The monoisotopic (exact) mass is 384 g/mol. The quantitative estimate of drug-likeness (QED) is 0.584. The third-order valence-electron chi connectivity index (χ3n) is 4.13. The van der Waals surface area contributed by atoms with Crippen molar-refractivity contribution in [1.29, 1.82) is 0 Å². The van der Waals surface area contributed by atoms with Crippen LogP contribution in [0.25, 0.3) is 6.08 Å². The molecule has 7 heteroatoms. The highest BCUT2D eigenvalue weighted by molar-refractivity contribution is 6.13. The number of nitrogens with one attached hydrogen (secondary N) is 1. The van der Waals surface area contributed by atoms with Crippen molar-refractivity contribution in [2.24, 2.45) is 0 Å². The van der Waals surface area contributed by atoms with Crippen LogP contribution in [0.2, 0.25) is 0 Å². The highest BCUT2D eigenvalue weighted by atomic mass is 19.1. The van der Waals surface area contributed by atoms with Crippen LogP contribution in [-0.4, -0.2) is 30.1 Å². The Morgan fingerprint density at radius 3 is 2.46 bits per heavy atom. The standard InChI is InChI=1S/C21H21FN2O4/c1-3-27-18-10-9-14(12-19(18)28-4-2)11-17-20(25)24(21(26)23-17)13-15-7-5-6-8-16(15)22/h5-12H,3-4,13H2,1-2H3,(H,23,26). The molecule has 3 rings (SSSR count). The molecule has 2 aromatic carbocycles. The van der Waals surface area contributed by atoms with Gasteiger partial charge in [0.05, 0.1) is 19.8 Å². The number of imide groups is 1. The van der Waals surface area contributed by atoms with Crippen LogP contribution < -0.4 is 14.8 Å². The summed E-state index contributed by atoms with van der Waals surface area (Å²) in [5.74, 6) is 0.182. The van der Waals surface area contributed by atoms with Crippen LogP contribution in [0.1, 0.15) is 25.0 Å². The van der Waals surface area contributed by atoms with Crippen molar-refractivity contribution in [2.45, 2.75) is 20.4 Å². The number of carbonyl (C=O) groups is 2. The number of urea groups is 1. The number of amides is 3. The minimum absolute atomic E-state index is 0.118. The molecule has 1 aliphatic heterocycles. The molecular formula is C21H21FN2O4. The zero-order valence-electron chi connectivity index (χ0n) is 15.7. The van der Waals surface area contributed by atoms with E-state index in [1.54, 1.807) is 42.5 Å². The second kappa shape index (κ2) is 8.56. The molecule has 1 heterocycles. The van der Waals surface area contributed by atoms with Crippen LogP contribution in [0.3, 0.4) is 0 Å². The van der Waals surface area contributed by atoms with Gasteiger partial charge < -0.3 is 14.8 Å². The molecule has 1 saturated heterocycles. The van der Waals surface area contributed by atoms with E-state index in [0.717, 1.165) is 4.90 Å². The Kier molecular flexibility index (Phi) is 5.93. The Bertz CT molecular complexity index is 926. The van der Waals surface area contributed by atoms with E-state index in [4.69, 9.17) is 9.47 Å². The Labute approximate surface area is 162 Å². The highest BCUT2D eigenvalue weighted by Gasteiger charge is 2.34. The molecule has 0 aromatic heterocycles. The Balaban J connectivity index is 1.83. The predicted octanol–water partition coefficient (Wildman–Crippen LogP) is 3.72. The van der Waals surface area contributed by atoms with Crippen molar-refractivity contribution in [1.82, 2.24) is 10.2 Å². The molecule has 0 radical (unpaired) electrons. The van der Waals surface area contributed by atoms with Gasteiger partial charge in [-0.3, -0.25) is 9.69 Å². The Morgan fingerprint density at radius 1 is 1.04 bits per heavy atom. The fourth-order valence-electron chi connectivity index (χ4n) is 2.84. The lowest BCUT2D eigenvalue weighted by atomic mass is 10.1. The van der Waals surface area contributed by atoms with Crippen molar-refractivity contribution < 1.29 is 23.5 Å². The van der Waals surface area contributed by atoms with Crippen molar-refractivity contribution in [2.75, 3.05) is 13.2 Å². The molecule has 1 fully saturated rings. The van der Waals surface area contributed by atoms with Crippen molar-refractivity contribution in [3.63, 3.8) is 0 Å². The summed E-state index contributed by atoms with van der Waals surface area (Å²) in [5.41, 5.74) is 1.06. The van der Waals surface area contributed by atoms with Gasteiger partial charge >= 0.3 is 6.03 Å². The van der Waals surface area contributed by atoms with Crippen molar-refractivity contribution in [3.8, 4) is 11.5 Å². The minimum atomic E-state index is -0.588. The number of benzene rings is 2. The third kappa shape index (κ3) is 4.14. The van der Waals surface area contributed by atoms with E-state index in [1.165, 1.54) is 6.07 Å². The van der Waals surface area contributed by atoms with Gasteiger partial charge in [-0.2, -0.15) is 0 Å². The van der Waals surface area contributed by atoms with Crippen LogP contribution in [0.15, 0.2) is 48.2 Å². The largest absolute Gasteiger partial charge is 0.490 e. The molecule has 0 aliphatic carbocycles. The zero-order chi connectivity index (χ0) is 20.1. The number of hydrogen-bond acceptors (Lipinski definition) is 4. The molecule has 2 aromatic rings. The fraction of sp³-hybridized carbons (Fsp3) is 0.238. The van der Waals surface area contributed by atoms with Gasteiger partial charge in [-0.25, -0.2) is 9.18 Å². The van der Waals surface area contributed by atoms with E-state index in [1.807, 2.05) is 13.8 Å². The number of hydrogen-bond donors (Lipinski definition) is 1. The lowest BCUT2D eigenvalue weighted by Gasteiger charge is -2.12. The van der Waals surface area contributed by atoms with Crippen LogP contribution in [-0.2, 0) is 11.3 Å². The van der Waals surface area contributed by atoms with E-state index in [2.05, 4.69) is 5.32 Å². The van der Waals surface area contributed by atoms with Crippen molar-refractivity contribution in [3.05, 3.63) is 65.1 Å². The van der Waals surface area contributed by atoms with Crippen LogP contribution >= 0.6 is 0 Å². The summed E-state index contributed by atoms with van der Waals surface area (Å²) in [6.07, 6.45) is 1.56. The highest BCUT2D eigenvalue weighted by Crippen LogP contribution is 2.30. The number of ether oxygens (including phenoxy) is 2. The van der Waals surface area contributed by atoms with Gasteiger partial charge in [-0.05, 0) is 43.7 Å². The maximum absolute atomic E-state index is 13.8. The summed E-state index contributed by atoms with van der Waals surface area (Å²) in [6.45, 7) is 4.57. The topological polar surface area (TPSA) is 67.9 Å². The molecule has 3 amide bonds. The molecule has 0 spiro atoms. The molecular weight excluding hydrogens is 363 g/mol. The van der Waals surface area contributed by atoms with Gasteiger partial charge in [0.15, 0.2) is 11.5 Å². The average molecular weight is 384 g/mol. The molecule has 0 atom stereocenters. The van der Waals surface area contributed by atoms with Gasteiger partial charge in [0.2, 0.25) is 0 Å². The van der Waals surface area contributed by atoms with Gasteiger partial charge in [0.25, 0.3) is 5.91 Å². The normalized spacial score (nSPS) is 15.1. The zero-order valence-corrected chi connectivity index (χ0v) is 15.7. The predicted molar refractivity (Wildman–Crippen MR) is 102 cm³/mol. The van der Waals surface area contributed by atoms with Gasteiger partial charge in [0, 0.05) is 5.56 Å². The molecule has 146 valence electrons. The second-order valence-electron chi connectivity index (χ2n) is 6.04. The molecule has 6 nitrogen and oxygen atoms in total. The first-order valence-electron chi connectivity index (χ1n) is 9.01. The first-order chi connectivity index (χ1) is 13.5. The van der Waals surface area contributed by atoms with E-state index < -0.39 is 17.8 Å². The van der Waals surface area contributed by atoms with Crippen molar-refractivity contribution >= 4 is 18.0 Å². The number of halogens is 1. The third-order valence-corrected chi connectivity index (χ3v) is 4.13. The van der Waals surface area contributed by atoms with E-state index in [9.17, 15) is 14.0 Å². The summed E-state index contributed by atoms with van der Waals surface area (Å²) in [6, 6.07) is 10.7. The first-order valence-corrected chi connectivity index (χ1v) is 9.01. The summed E-state index contributed by atoms with van der Waals surface area (Å²) in [4.78, 5) is 25.8. The van der Waals surface area contributed by atoms with Crippen LogP contribution in [0, 0.1) is 5.82 Å². The average Bonchev–Trinajstić information content (AvgIpc) is 2.93. The maximum atomic E-state index is 13.8. The SMILES string of the molecule is CCOc1ccc(C=C2NC(=O)N(Cc3ccccc3F)C2=O)cc1OCC. The second-order valence-corrected chi connectivity index (χ2v) is 6.04. The lowest BCUT2D eigenvalue weighted by Crippen LogP contribution is -2.30. The molecule has 0 bridgehead atoms. The molecule has 1 aliphatic rings. The van der Waals surface area contributed by atoms with Crippen LogP contribution in [0.4, 0.5) is 9.18 Å². The number of carbonyl (C=O) groups excluding carboxylic acids is 2. The fourth-order valence-corrected chi connectivity index (χ4v) is 2.84. The van der Waals surface area contributed by atoms with E-state index in [-0.39, 0.29) is 17.8 Å². The summed E-state index contributed by atoms with van der Waals surface area (Å²) in [5, 5.41) is 2.54. The van der Waals surface area contributed by atoms with E-state index >= 15 is 0 Å². The summed E-state index contributed by atoms with van der Waals surface area (Å²) < 4.78 is 24.9. The van der Waals surface area contributed by atoms with Gasteiger partial charge in [-0.1, -0.05) is 24.3 Å². The maximum Gasteiger partial charge on any atom is 0.329 e. The number of nitrogens with zero attached hydrogens (tertiary/aromatic N) is 1. The molecule has 1 N–H and O–H groups in total. The van der Waals surface area contributed by atoms with Gasteiger partial charge in [0.1, 0.15) is 11.5 Å². The lowest BCUT2D eigenvalue weighted by molar-refractivity contribution is -0.123. The van der Waals surface area contributed by atoms with Gasteiger partial charge in [-0.15, -0.1) is 0 Å². The van der Waals surface area contributed by atoms with E-state index in [0.29, 0.717) is 30.3 Å². The number of rotatable bonds is 7. The summed E-state index contributed by atoms with van der Waals surface area (Å²) >= 11 is 0. The smallest absolute Gasteiger partial charge is 0.329 e. The molecule has 0 unspecified atom stereocenters. The van der Waals surface area contributed by atoms with Crippen LogP contribution in [0.5, 0.6) is 11.5 Å². The Morgan fingerprint density at radius 2 is 1.75 bits per heavy atom.